The normalized spacial score (nSPS) is 11.9. The van der Waals surface area contributed by atoms with E-state index < -0.39 is 49.5 Å². The highest BCUT2D eigenvalue weighted by atomic mass is 32.2. The molecule has 20 heavy (non-hydrogen) atoms. The van der Waals surface area contributed by atoms with Crippen LogP contribution in [0.3, 0.4) is 0 Å². The molecule has 0 fully saturated rings. The fourth-order valence-electron chi connectivity index (χ4n) is 1.33. The van der Waals surface area contributed by atoms with Crippen LogP contribution >= 0.6 is 11.8 Å². The number of thioether (sulfide) groups is 1. The molecule has 1 atom stereocenters. The first-order chi connectivity index (χ1) is 9.26. The summed E-state index contributed by atoms with van der Waals surface area (Å²) in [6.07, 6.45) is 1.67. The van der Waals surface area contributed by atoms with Gasteiger partial charge in [-0.05, 0) is 6.26 Å². The Morgan fingerprint density at radius 2 is 1.55 bits per heavy atom. The Labute approximate surface area is 118 Å². The molecule has 0 saturated heterocycles. The van der Waals surface area contributed by atoms with Crippen LogP contribution in [-0.2, 0) is 19.2 Å². The lowest BCUT2D eigenvalue weighted by Gasteiger charge is -2.19. The van der Waals surface area contributed by atoms with E-state index in [-0.39, 0.29) is 5.75 Å². The van der Waals surface area contributed by atoms with Crippen molar-refractivity contribution in [2.75, 3.05) is 31.6 Å². The van der Waals surface area contributed by atoms with E-state index in [1.54, 1.807) is 6.26 Å². The summed E-state index contributed by atoms with van der Waals surface area (Å²) in [6, 6.07) is -1.10. The van der Waals surface area contributed by atoms with E-state index in [0.29, 0.717) is 0 Å². The van der Waals surface area contributed by atoms with E-state index in [9.17, 15) is 19.2 Å². The number of carboxylic acid groups (broad SMARTS) is 3. The number of nitrogens with one attached hydrogen (secondary N) is 1. The van der Waals surface area contributed by atoms with Gasteiger partial charge in [-0.15, -0.1) is 0 Å². The van der Waals surface area contributed by atoms with Gasteiger partial charge in [0.15, 0.2) is 0 Å². The topological polar surface area (TPSA) is 144 Å². The van der Waals surface area contributed by atoms with Crippen LogP contribution in [0.5, 0.6) is 0 Å². The standard InChI is InChI=1S/C10H16N2O7S/c1-20-5-6(10(18)19)11-7(13)2-12(3-8(14)15)4-9(16)17/h6H,2-5H2,1H3,(H,11,13)(H,14,15)(H,16,17)(H,18,19). The lowest BCUT2D eigenvalue weighted by molar-refractivity contribution is -0.144. The third-order valence-corrected chi connectivity index (χ3v) is 2.72. The zero-order valence-corrected chi connectivity index (χ0v) is 11.6. The van der Waals surface area contributed by atoms with Crippen LogP contribution in [-0.4, -0.2) is 81.7 Å². The Morgan fingerprint density at radius 1 is 1.05 bits per heavy atom. The van der Waals surface area contributed by atoms with Crippen LogP contribution in [0.2, 0.25) is 0 Å². The second-order valence-electron chi connectivity index (χ2n) is 3.85. The van der Waals surface area contributed by atoms with Gasteiger partial charge in [0.25, 0.3) is 0 Å². The first kappa shape index (κ1) is 18.2. The lowest BCUT2D eigenvalue weighted by atomic mass is 10.3. The molecule has 10 heteroatoms. The average Bonchev–Trinajstić information content (AvgIpc) is 2.25. The molecular weight excluding hydrogens is 292 g/mol. The summed E-state index contributed by atoms with van der Waals surface area (Å²) in [4.78, 5) is 44.4. The van der Waals surface area contributed by atoms with E-state index in [2.05, 4.69) is 5.32 Å². The van der Waals surface area contributed by atoms with Gasteiger partial charge in [0.1, 0.15) is 6.04 Å². The monoisotopic (exact) mass is 308 g/mol. The SMILES string of the molecule is CSCC(NC(=O)CN(CC(=O)O)CC(=O)O)C(=O)O. The van der Waals surface area contributed by atoms with Crippen molar-refractivity contribution in [2.24, 2.45) is 0 Å². The number of aliphatic carboxylic acids is 3. The van der Waals surface area contributed by atoms with Gasteiger partial charge in [-0.2, -0.15) is 11.8 Å². The molecule has 0 heterocycles. The predicted octanol–water partition coefficient (Wildman–Crippen LogP) is -1.61. The van der Waals surface area contributed by atoms with Crippen molar-refractivity contribution in [1.29, 1.82) is 0 Å². The highest BCUT2D eigenvalue weighted by Gasteiger charge is 2.22. The second-order valence-corrected chi connectivity index (χ2v) is 4.76. The Bertz CT molecular complexity index is 372. The lowest BCUT2D eigenvalue weighted by Crippen LogP contribution is -2.48. The van der Waals surface area contributed by atoms with Crippen molar-refractivity contribution in [3.05, 3.63) is 0 Å². The number of nitrogens with zero attached hydrogens (tertiary/aromatic N) is 1. The summed E-state index contributed by atoms with van der Waals surface area (Å²) < 4.78 is 0. The minimum absolute atomic E-state index is 0.152. The van der Waals surface area contributed by atoms with Gasteiger partial charge in [-0.3, -0.25) is 19.3 Å². The van der Waals surface area contributed by atoms with Gasteiger partial charge in [0.2, 0.25) is 5.91 Å². The molecule has 0 spiro atoms. The molecule has 4 N–H and O–H groups in total. The van der Waals surface area contributed by atoms with E-state index in [0.717, 1.165) is 4.90 Å². The van der Waals surface area contributed by atoms with Gasteiger partial charge in [-0.25, -0.2) is 4.79 Å². The van der Waals surface area contributed by atoms with Crippen LogP contribution in [0.1, 0.15) is 0 Å². The quantitative estimate of drug-likeness (QED) is 0.374. The molecule has 0 saturated carbocycles. The summed E-state index contributed by atoms with van der Waals surface area (Å²) in [5.74, 6) is -4.36. The van der Waals surface area contributed by atoms with Gasteiger partial charge in [0.05, 0.1) is 19.6 Å². The molecule has 114 valence electrons. The minimum atomic E-state index is -1.28. The average molecular weight is 308 g/mol. The summed E-state index contributed by atoms with van der Waals surface area (Å²) in [5.41, 5.74) is 0. The number of hydrogen-bond donors (Lipinski definition) is 4. The molecular formula is C10H16N2O7S. The van der Waals surface area contributed by atoms with Crippen molar-refractivity contribution >= 4 is 35.6 Å². The number of carbonyl (C=O) groups is 4. The van der Waals surface area contributed by atoms with Gasteiger partial charge < -0.3 is 20.6 Å². The first-order valence-electron chi connectivity index (χ1n) is 5.43. The summed E-state index contributed by atoms with van der Waals surface area (Å²) in [7, 11) is 0. The maximum Gasteiger partial charge on any atom is 0.327 e. The zero-order chi connectivity index (χ0) is 15.7. The van der Waals surface area contributed by atoms with Crippen LogP contribution in [0.15, 0.2) is 0 Å². The van der Waals surface area contributed by atoms with Gasteiger partial charge >= 0.3 is 17.9 Å². The molecule has 1 unspecified atom stereocenters. The number of carboxylic acids is 3. The van der Waals surface area contributed by atoms with Gasteiger partial charge in [0, 0.05) is 5.75 Å². The molecule has 9 nitrogen and oxygen atoms in total. The molecule has 0 aromatic rings. The third-order valence-electron chi connectivity index (χ3n) is 2.05. The van der Waals surface area contributed by atoms with Crippen molar-refractivity contribution < 1.29 is 34.5 Å². The second kappa shape index (κ2) is 9.15. The van der Waals surface area contributed by atoms with Crippen molar-refractivity contribution in [1.82, 2.24) is 10.2 Å². The fourth-order valence-corrected chi connectivity index (χ4v) is 1.89. The number of rotatable bonds is 10. The maximum atomic E-state index is 11.6. The largest absolute Gasteiger partial charge is 0.480 e. The van der Waals surface area contributed by atoms with Crippen molar-refractivity contribution in [3.63, 3.8) is 0 Å². The molecule has 0 aliphatic rings. The van der Waals surface area contributed by atoms with Crippen LogP contribution in [0.25, 0.3) is 0 Å². The third kappa shape index (κ3) is 8.32. The van der Waals surface area contributed by atoms with Crippen LogP contribution in [0, 0.1) is 0 Å². The van der Waals surface area contributed by atoms with Crippen molar-refractivity contribution in [3.8, 4) is 0 Å². The van der Waals surface area contributed by atoms with E-state index >= 15 is 0 Å². The Balaban J connectivity index is 4.53. The molecule has 0 radical (unpaired) electrons. The number of amides is 1. The number of carbonyl (C=O) groups excluding carboxylic acids is 1. The van der Waals surface area contributed by atoms with Crippen LogP contribution in [0.4, 0.5) is 0 Å². The fraction of sp³-hybridized carbons (Fsp3) is 0.600. The highest BCUT2D eigenvalue weighted by molar-refractivity contribution is 7.98. The zero-order valence-electron chi connectivity index (χ0n) is 10.7. The highest BCUT2D eigenvalue weighted by Crippen LogP contribution is 1.98. The minimum Gasteiger partial charge on any atom is -0.480 e. The Hall–Kier alpha value is -1.81. The van der Waals surface area contributed by atoms with E-state index in [1.165, 1.54) is 11.8 Å². The van der Waals surface area contributed by atoms with Gasteiger partial charge in [-0.1, -0.05) is 0 Å². The predicted molar refractivity (Wildman–Crippen MR) is 69.7 cm³/mol. The van der Waals surface area contributed by atoms with Crippen LogP contribution < -0.4 is 5.32 Å². The van der Waals surface area contributed by atoms with Crippen molar-refractivity contribution in [2.45, 2.75) is 6.04 Å². The molecule has 0 aliphatic carbocycles. The summed E-state index contributed by atoms with van der Waals surface area (Å²) >= 11 is 1.22. The van der Waals surface area contributed by atoms with E-state index in [1.807, 2.05) is 0 Å². The molecule has 0 aliphatic heterocycles. The summed E-state index contributed by atoms with van der Waals surface area (Å²) in [6.45, 7) is -1.75. The summed E-state index contributed by atoms with van der Waals surface area (Å²) in [5, 5.41) is 28.3. The maximum absolute atomic E-state index is 11.6. The Kier molecular flexibility index (Phi) is 8.32. The molecule has 0 aromatic carbocycles. The van der Waals surface area contributed by atoms with E-state index in [4.69, 9.17) is 15.3 Å². The number of hydrogen-bond acceptors (Lipinski definition) is 6. The molecule has 0 rings (SSSR count). The molecule has 0 bridgehead atoms. The smallest absolute Gasteiger partial charge is 0.327 e. The first-order valence-corrected chi connectivity index (χ1v) is 6.82. The molecule has 0 aromatic heterocycles. The Morgan fingerprint density at radius 3 is 1.90 bits per heavy atom. The molecule has 1 amide bonds.